The molecule has 0 spiro atoms. The molecule has 0 atom stereocenters. The zero-order chi connectivity index (χ0) is 23.5. The van der Waals surface area contributed by atoms with Gasteiger partial charge in [0, 0.05) is 16.0 Å². The minimum atomic E-state index is -0.439. The zero-order valence-corrected chi connectivity index (χ0v) is 19.5. The lowest BCUT2D eigenvalue weighted by Gasteiger charge is -2.12. The van der Waals surface area contributed by atoms with E-state index in [1.807, 2.05) is 48.5 Å². The fraction of sp³-hybridized carbons (Fsp3) is 0.0714. The molecule has 0 amide bonds. The summed E-state index contributed by atoms with van der Waals surface area (Å²) in [7, 11) is 0. The van der Waals surface area contributed by atoms with Crippen molar-refractivity contribution in [3.05, 3.63) is 107 Å². The highest BCUT2D eigenvalue weighted by molar-refractivity contribution is 6.35. The minimum Gasteiger partial charge on any atom is -0.488 e. The van der Waals surface area contributed by atoms with Crippen molar-refractivity contribution in [1.29, 1.82) is 0 Å². The highest BCUT2D eigenvalue weighted by Crippen LogP contribution is 2.31. The van der Waals surface area contributed by atoms with Crippen LogP contribution in [0.25, 0.3) is 32.9 Å². The number of carbonyl (C=O) groups is 1. The number of hydrogen-bond donors (Lipinski definition) is 0. The van der Waals surface area contributed by atoms with E-state index in [1.54, 1.807) is 24.3 Å². The lowest BCUT2D eigenvalue weighted by atomic mass is 9.99. The molecular formula is C28H19Cl2NO3. The van der Waals surface area contributed by atoms with E-state index in [4.69, 9.17) is 37.7 Å². The van der Waals surface area contributed by atoms with Gasteiger partial charge in [0.15, 0.2) is 0 Å². The molecule has 0 aliphatic carbocycles. The molecule has 6 heteroatoms. The van der Waals surface area contributed by atoms with E-state index < -0.39 is 5.97 Å². The summed E-state index contributed by atoms with van der Waals surface area (Å²) in [6.07, 6.45) is 0. The van der Waals surface area contributed by atoms with Gasteiger partial charge in [0.2, 0.25) is 0 Å². The Hall–Kier alpha value is -3.60. The predicted molar refractivity (Wildman–Crippen MR) is 137 cm³/mol. The lowest BCUT2D eigenvalue weighted by molar-refractivity contribution is 0.0453. The fourth-order valence-corrected chi connectivity index (χ4v) is 4.35. The van der Waals surface area contributed by atoms with Crippen LogP contribution in [0.4, 0.5) is 0 Å². The quantitative estimate of drug-likeness (QED) is 0.182. The summed E-state index contributed by atoms with van der Waals surface area (Å²) in [5.74, 6) is 0.0422. The Morgan fingerprint density at radius 3 is 2.41 bits per heavy atom. The predicted octanol–water partition coefficient (Wildman–Crippen LogP) is 7.60. The third-order valence-electron chi connectivity index (χ3n) is 5.47. The molecule has 0 aliphatic rings. The van der Waals surface area contributed by atoms with Crippen molar-refractivity contribution in [2.45, 2.75) is 0 Å². The molecule has 0 saturated heterocycles. The molecule has 34 heavy (non-hydrogen) atoms. The Morgan fingerprint density at radius 1 is 0.794 bits per heavy atom. The van der Waals surface area contributed by atoms with Crippen LogP contribution in [-0.4, -0.2) is 24.2 Å². The van der Waals surface area contributed by atoms with Crippen molar-refractivity contribution in [3.63, 3.8) is 0 Å². The maximum absolute atomic E-state index is 13.1. The highest BCUT2D eigenvalue weighted by Gasteiger charge is 2.16. The molecule has 0 aliphatic heterocycles. The van der Waals surface area contributed by atoms with E-state index >= 15 is 0 Å². The number of carbonyl (C=O) groups excluding carboxylic acids is 1. The molecule has 0 bridgehead atoms. The second kappa shape index (κ2) is 9.72. The van der Waals surface area contributed by atoms with Gasteiger partial charge in [0.25, 0.3) is 0 Å². The summed E-state index contributed by atoms with van der Waals surface area (Å²) in [5.41, 5.74) is 2.85. The largest absolute Gasteiger partial charge is 0.488 e. The van der Waals surface area contributed by atoms with Crippen LogP contribution in [0.3, 0.4) is 0 Å². The first-order valence-corrected chi connectivity index (χ1v) is 11.5. The van der Waals surface area contributed by atoms with Crippen molar-refractivity contribution in [3.8, 4) is 17.0 Å². The standard InChI is InChI=1S/C28H19Cl2NO3/c29-19-12-13-27(24(30)16-19)33-14-15-34-28(32)23-17-26(31-25-11-4-3-9-22(23)25)21-10-5-7-18-6-1-2-8-20(18)21/h1-13,16-17H,14-15H2. The normalized spacial score (nSPS) is 11.0. The van der Waals surface area contributed by atoms with E-state index in [-0.39, 0.29) is 13.2 Å². The number of benzene rings is 4. The molecule has 0 unspecified atom stereocenters. The Kier molecular flexibility index (Phi) is 6.35. The van der Waals surface area contributed by atoms with Gasteiger partial charge in [-0.15, -0.1) is 0 Å². The molecule has 0 saturated carbocycles. The second-order valence-corrected chi connectivity index (χ2v) is 8.50. The Morgan fingerprint density at radius 2 is 1.56 bits per heavy atom. The van der Waals surface area contributed by atoms with E-state index in [9.17, 15) is 4.79 Å². The van der Waals surface area contributed by atoms with Crippen LogP contribution < -0.4 is 4.74 Å². The smallest absolute Gasteiger partial charge is 0.339 e. The third kappa shape index (κ3) is 4.56. The molecule has 5 aromatic rings. The minimum absolute atomic E-state index is 0.0675. The van der Waals surface area contributed by atoms with Gasteiger partial charge in [0.05, 0.1) is 21.8 Å². The molecule has 4 nitrogen and oxygen atoms in total. The van der Waals surface area contributed by atoms with Crippen LogP contribution in [0.15, 0.2) is 91.0 Å². The van der Waals surface area contributed by atoms with Gasteiger partial charge in [-0.05, 0) is 41.1 Å². The van der Waals surface area contributed by atoms with Gasteiger partial charge in [-0.1, -0.05) is 83.9 Å². The van der Waals surface area contributed by atoms with Crippen LogP contribution in [0.2, 0.25) is 10.0 Å². The Balaban J connectivity index is 1.41. The number of aromatic nitrogens is 1. The van der Waals surface area contributed by atoms with Gasteiger partial charge >= 0.3 is 5.97 Å². The summed E-state index contributed by atoms with van der Waals surface area (Å²) in [6.45, 7) is 0.227. The van der Waals surface area contributed by atoms with Crippen molar-refractivity contribution in [1.82, 2.24) is 4.98 Å². The Labute approximate surface area is 206 Å². The number of esters is 1. The number of para-hydroxylation sites is 1. The molecule has 0 N–H and O–H groups in total. The number of nitrogens with zero attached hydrogens (tertiary/aromatic N) is 1. The van der Waals surface area contributed by atoms with Crippen LogP contribution in [0.5, 0.6) is 5.75 Å². The molecule has 1 heterocycles. The van der Waals surface area contributed by atoms with Gasteiger partial charge < -0.3 is 9.47 Å². The number of ether oxygens (including phenoxy) is 2. The monoisotopic (exact) mass is 487 g/mol. The van der Waals surface area contributed by atoms with Crippen molar-refractivity contribution in [2.24, 2.45) is 0 Å². The molecule has 5 rings (SSSR count). The SMILES string of the molecule is O=C(OCCOc1ccc(Cl)cc1Cl)c1cc(-c2cccc3ccccc23)nc2ccccc12. The number of rotatable bonds is 6. The van der Waals surface area contributed by atoms with Gasteiger partial charge in [0.1, 0.15) is 19.0 Å². The number of fused-ring (bicyclic) bond motifs is 2. The van der Waals surface area contributed by atoms with Crippen molar-refractivity contribution < 1.29 is 14.3 Å². The molecule has 4 aromatic carbocycles. The fourth-order valence-electron chi connectivity index (χ4n) is 3.89. The highest BCUT2D eigenvalue weighted by atomic mass is 35.5. The van der Waals surface area contributed by atoms with Crippen LogP contribution in [0.1, 0.15) is 10.4 Å². The molecule has 168 valence electrons. The van der Waals surface area contributed by atoms with Gasteiger partial charge in [-0.25, -0.2) is 9.78 Å². The topological polar surface area (TPSA) is 48.4 Å². The van der Waals surface area contributed by atoms with Crippen LogP contribution >= 0.6 is 23.2 Å². The van der Waals surface area contributed by atoms with Crippen molar-refractivity contribution >= 4 is 50.8 Å². The van der Waals surface area contributed by atoms with Gasteiger partial charge in [-0.2, -0.15) is 0 Å². The van der Waals surface area contributed by atoms with E-state index in [0.29, 0.717) is 27.1 Å². The summed E-state index contributed by atoms with van der Waals surface area (Å²) < 4.78 is 11.2. The molecule has 0 fully saturated rings. The zero-order valence-electron chi connectivity index (χ0n) is 18.0. The van der Waals surface area contributed by atoms with E-state index in [0.717, 1.165) is 27.2 Å². The molecule has 1 aromatic heterocycles. The molecular weight excluding hydrogens is 469 g/mol. The van der Waals surface area contributed by atoms with E-state index in [2.05, 4.69) is 18.2 Å². The first kappa shape index (κ1) is 22.2. The summed E-state index contributed by atoms with van der Waals surface area (Å²) in [6, 6.07) is 28.5. The van der Waals surface area contributed by atoms with Gasteiger partial charge in [-0.3, -0.25) is 0 Å². The van der Waals surface area contributed by atoms with Crippen LogP contribution in [-0.2, 0) is 4.74 Å². The average molecular weight is 488 g/mol. The number of hydrogen-bond acceptors (Lipinski definition) is 4. The first-order chi connectivity index (χ1) is 16.6. The molecule has 0 radical (unpaired) electrons. The average Bonchev–Trinajstić information content (AvgIpc) is 2.86. The van der Waals surface area contributed by atoms with E-state index in [1.165, 1.54) is 0 Å². The summed E-state index contributed by atoms with van der Waals surface area (Å²) in [5, 5.41) is 3.84. The Bertz CT molecular complexity index is 1510. The lowest BCUT2D eigenvalue weighted by Crippen LogP contribution is -2.13. The second-order valence-electron chi connectivity index (χ2n) is 7.66. The number of pyridine rings is 1. The first-order valence-electron chi connectivity index (χ1n) is 10.7. The third-order valence-corrected chi connectivity index (χ3v) is 6.00. The summed E-state index contributed by atoms with van der Waals surface area (Å²) >= 11 is 12.0. The van der Waals surface area contributed by atoms with Crippen LogP contribution in [0, 0.1) is 0 Å². The maximum Gasteiger partial charge on any atom is 0.339 e. The summed E-state index contributed by atoms with van der Waals surface area (Å²) in [4.78, 5) is 17.9. The van der Waals surface area contributed by atoms with Crippen molar-refractivity contribution in [2.75, 3.05) is 13.2 Å². The number of halogens is 2. The maximum atomic E-state index is 13.1.